The Balaban J connectivity index is 0.000000477. The van der Waals surface area contributed by atoms with Gasteiger partial charge in [0.1, 0.15) is 0 Å². The molecule has 10 nitrogen and oxygen atoms in total. The van der Waals surface area contributed by atoms with Crippen molar-refractivity contribution in [2.24, 2.45) is 5.73 Å². The van der Waals surface area contributed by atoms with Crippen LogP contribution in [0.2, 0.25) is 0 Å². The second-order valence-electron chi connectivity index (χ2n) is 5.24. The normalized spacial score (nSPS) is 9.03. The summed E-state index contributed by atoms with van der Waals surface area (Å²) in [6, 6.07) is 11.0. The quantitative estimate of drug-likeness (QED) is 0.373. The van der Waals surface area contributed by atoms with E-state index in [1.165, 1.54) is 0 Å². The molecule has 0 atom stereocenters. The number of nitrogens with one attached hydrogen (secondary N) is 1. The van der Waals surface area contributed by atoms with Crippen LogP contribution in [0.1, 0.15) is 25.2 Å². The van der Waals surface area contributed by atoms with Crippen molar-refractivity contribution in [3.63, 3.8) is 0 Å². The molecule has 3 N–H and O–H groups in total. The summed E-state index contributed by atoms with van der Waals surface area (Å²) in [5, 5.41) is 1.33. The smallest absolute Gasteiger partial charge is 0.396 e. The molecule has 0 bridgehead atoms. The van der Waals surface area contributed by atoms with Gasteiger partial charge >= 0.3 is 23.1 Å². The molecule has 168 valence electrons. The summed E-state index contributed by atoms with van der Waals surface area (Å²) in [7, 11) is 0. The van der Waals surface area contributed by atoms with Crippen LogP contribution in [0.25, 0.3) is 0 Å². The molecule has 2 aromatic heterocycles. The highest BCUT2D eigenvalue weighted by Gasteiger charge is 2.13. The molecule has 0 spiro atoms. The number of nitrogens with two attached hydrogens (primary N) is 1. The fourth-order valence-corrected chi connectivity index (χ4v) is 1.70. The van der Waals surface area contributed by atoms with Gasteiger partial charge < -0.3 is 20.5 Å². The van der Waals surface area contributed by atoms with E-state index in [-0.39, 0.29) is 19.8 Å². The Kier molecular flexibility index (Phi) is 15.6. The Morgan fingerprint density at radius 2 is 1.42 bits per heavy atom. The van der Waals surface area contributed by atoms with Crippen molar-refractivity contribution in [3.05, 3.63) is 60.2 Å². The Hall–Kier alpha value is -3.37. The summed E-state index contributed by atoms with van der Waals surface area (Å²) in [6.45, 7) is 4.36. The van der Waals surface area contributed by atoms with Gasteiger partial charge in [-0.25, -0.2) is 9.59 Å². The first-order valence-electron chi connectivity index (χ1n) is 9.17. The lowest BCUT2D eigenvalue weighted by Gasteiger charge is -2.03. The molecule has 0 aromatic carbocycles. The minimum atomic E-state index is -1.08. The van der Waals surface area contributed by atoms with Crippen LogP contribution in [0.15, 0.2) is 48.8 Å². The average molecular weight is 453 g/mol. The van der Waals surface area contributed by atoms with Gasteiger partial charge in [-0.2, -0.15) is 0 Å². The molecule has 0 saturated heterocycles. The molecule has 31 heavy (non-hydrogen) atoms. The number of rotatable bonds is 6. The number of hydrogen-bond donors (Lipinski definition) is 2. The van der Waals surface area contributed by atoms with Crippen molar-refractivity contribution in [1.82, 2.24) is 15.3 Å². The van der Waals surface area contributed by atoms with Crippen LogP contribution in [0.3, 0.4) is 0 Å². The fraction of sp³-hybridized carbons (Fsp3) is 0.300. The first kappa shape index (κ1) is 27.6. The highest BCUT2D eigenvalue weighted by atomic mass is 35.5. The first-order valence-corrected chi connectivity index (χ1v) is 9.54. The fourth-order valence-electron chi connectivity index (χ4n) is 1.65. The lowest BCUT2D eigenvalue weighted by atomic mass is 10.3. The zero-order valence-electron chi connectivity index (χ0n) is 17.2. The number of aromatic nitrogens is 2. The standard InChI is InChI=1S/C10H12N2O3.C6H8N2.C4H5ClO3/c1-2-15-10(14)9(13)12-7-8-5-3-4-6-11-8;7-5-6-3-1-2-4-8-6;1-2-8-4(7)3(5)6/h3-6H,2,7H2,1H3,(H,12,13);1-4H,5,7H2;2H2,1H3. The van der Waals surface area contributed by atoms with Crippen LogP contribution in [0, 0.1) is 0 Å². The number of nitrogens with zero attached hydrogens (tertiary/aromatic N) is 2. The van der Waals surface area contributed by atoms with Gasteiger partial charge in [-0.05, 0) is 49.7 Å². The number of pyridine rings is 2. The van der Waals surface area contributed by atoms with Crippen molar-refractivity contribution in [2.75, 3.05) is 13.2 Å². The third kappa shape index (κ3) is 14.3. The highest BCUT2D eigenvalue weighted by Crippen LogP contribution is 1.92. The number of esters is 2. The van der Waals surface area contributed by atoms with Crippen LogP contribution < -0.4 is 11.1 Å². The van der Waals surface area contributed by atoms with Gasteiger partial charge in [0.25, 0.3) is 0 Å². The average Bonchev–Trinajstić information content (AvgIpc) is 2.80. The van der Waals surface area contributed by atoms with E-state index in [2.05, 4.69) is 24.8 Å². The lowest BCUT2D eigenvalue weighted by Crippen LogP contribution is -2.32. The summed E-state index contributed by atoms with van der Waals surface area (Å²) in [6.07, 6.45) is 3.36. The minimum Gasteiger partial charge on any atom is -0.459 e. The van der Waals surface area contributed by atoms with E-state index in [9.17, 15) is 19.2 Å². The lowest BCUT2D eigenvalue weighted by molar-refractivity contribution is -0.154. The van der Waals surface area contributed by atoms with E-state index < -0.39 is 23.1 Å². The summed E-state index contributed by atoms with van der Waals surface area (Å²) >= 11 is 4.69. The number of ether oxygens (including phenoxy) is 2. The summed E-state index contributed by atoms with van der Waals surface area (Å²) < 4.78 is 8.70. The summed E-state index contributed by atoms with van der Waals surface area (Å²) in [5.74, 6) is -2.61. The summed E-state index contributed by atoms with van der Waals surface area (Å²) in [4.78, 5) is 49.8. The Morgan fingerprint density at radius 1 is 0.903 bits per heavy atom. The zero-order valence-corrected chi connectivity index (χ0v) is 18.0. The first-order chi connectivity index (χ1) is 14.8. The molecule has 0 aliphatic rings. The van der Waals surface area contributed by atoms with Crippen LogP contribution in [-0.2, 0) is 41.7 Å². The maximum atomic E-state index is 11.1. The second-order valence-corrected chi connectivity index (χ2v) is 5.59. The number of halogens is 1. The SMILES string of the molecule is CCOC(=O)C(=O)Cl.CCOC(=O)C(=O)NCc1ccccn1.NCc1ccccn1. The molecule has 2 aromatic rings. The van der Waals surface area contributed by atoms with Gasteiger partial charge in [-0.1, -0.05) is 12.1 Å². The van der Waals surface area contributed by atoms with Gasteiger partial charge in [0.05, 0.1) is 31.1 Å². The van der Waals surface area contributed by atoms with Crippen molar-refractivity contribution >= 4 is 34.7 Å². The van der Waals surface area contributed by atoms with Crippen molar-refractivity contribution < 1.29 is 28.7 Å². The van der Waals surface area contributed by atoms with Crippen LogP contribution in [-0.4, -0.2) is 46.3 Å². The van der Waals surface area contributed by atoms with Crippen molar-refractivity contribution in [3.8, 4) is 0 Å². The topological polar surface area (TPSA) is 151 Å². The Bertz CT molecular complexity index is 806. The third-order valence-electron chi connectivity index (χ3n) is 2.99. The maximum Gasteiger partial charge on any atom is 0.396 e. The van der Waals surface area contributed by atoms with E-state index in [1.54, 1.807) is 44.4 Å². The maximum absolute atomic E-state index is 11.1. The highest BCUT2D eigenvalue weighted by molar-refractivity contribution is 6.80. The predicted molar refractivity (Wildman–Crippen MR) is 112 cm³/mol. The zero-order chi connectivity index (χ0) is 23.5. The van der Waals surface area contributed by atoms with Crippen molar-refractivity contribution in [1.29, 1.82) is 0 Å². The number of carbonyl (C=O) groups is 4. The molecule has 0 unspecified atom stereocenters. The number of hydrogen-bond acceptors (Lipinski definition) is 9. The van der Waals surface area contributed by atoms with Gasteiger partial charge in [-0.3, -0.25) is 19.6 Å². The van der Waals surface area contributed by atoms with E-state index in [0.717, 1.165) is 5.69 Å². The molecule has 0 saturated carbocycles. The molecule has 0 aliphatic heterocycles. The van der Waals surface area contributed by atoms with Crippen molar-refractivity contribution in [2.45, 2.75) is 26.9 Å². The summed E-state index contributed by atoms with van der Waals surface area (Å²) in [5.41, 5.74) is 6.91. The van der Waals surface area contributed by atoms with Gasteiger partial charge in [0.15, 0.2) is 0 Å². The molecular formula is C20H25ClN4O6. The minimum absolute atomic E-state index is 0.178. The molecule has 2 rings (SSSR count). The van der Waals surface area contributed by atoms with Crippen LogP contribution in [0.4, 0.5) is 0 Å². The van der Waals surface area contributed by atoms with Gasteiger partial charge in [-0.15, -0.1) is 0 Å². The van der Waals surface area contributed by atoms with Crippen LogP contribution in [0.5, 0.6) is 0 Å². The molecular weight excluding hydrogens is 428 g/mol. The molecule has 2 heterocycles. The largest absolute Gasteiger partial charge is 0.459 e. The van der Waals surface area contributed by atoms with Crippen LogP contribution >= 0.6 is 11.6 Å². The number of amides is 1. The second kappa shape index (κ2) is 17.5. The molecule has 0 radical (unpaired) electrons. The van der Waals surface area contributed by atoms with E-state index in [4.69, 9.17) is 17.3 Å². The number of carbonyl (C=O) groups excluding carboxylic acids is 4. The van der Waals surface area contributed by atoms with Gasteiger partial charge in [0.2, 0.25) is 0 Å². The van der Waals surface area contributed by atoms with E-state index in [0.29, 0.717) is 12.2 Å². The van der Waals surface area contributed by atoms with E-state index in [1.807, 2.05) is 18.2 Å². The Labute approximate surface area is 185 Å². The van der Waals surface area contributed by atoms with Gasteiger partial charge in [0, 0.05) is 18.9 Å². The molecule has 1 amide bonds. The van der Waals surface area contributed by atoms with E-state index >= 15 is 0 Å². The molecule has 0 aliphatic carbocycles. The Morgan fingerprint density at radius 3 is 1.77 bits per heavy atom. The molecule has 0 fully saturated rings. The third-order valence-corrected chi connectivity index (χ3v) is 3.14. The molecule has 11 heteroatoms. The monoisotopic (exact) mass is 452 g/mol. The predicted octanol–water partition coefficient (Wildman–Crippen LogP) is 1.12.